The van der Waals surface area contributed by atoms with Gasteiger partial charge in [-0.25, -0.2) is 12.8 Å². The van der Waals surface area contributed by atoms with Gasteiger partial charge in [0.25, 0.3) is 15.0 Å². The second-order valence-electron chi connectivity index (χ2n) is 5.28. The van der Waals surface area contributed by atoms with Crippen molar-refractivity contribution in [2.75, 3.05) is 0 Å². The predicted molar refractivity (Wildman–Crippen MR) is 78.4 cm³/mol. The summed E-state index contributed by atoms with van der Waals surface area (Å²) in [5, 5.41) is 0. The molecule has 1 aliphatic heterocycles. The van der Waals surface area contributed by atoms with Crippen molar-refractivity contribution in [3.63, 3.8) is 0 Å². The molecule has 7 heteroatoms. The van der Waals surface area contributed by atoms with Crippen LogP contribution in [-0.2, 0) is 9.05 Å². The molecule has 1 aromatic carbocycles. The van der Waals surface area contributed by atoms with Crippen LogP contribution in [-0.4, -0.2) is 31.3 Å². The van der Waals surface area contributed by atoms with Crippen LogP contribution in [0.4, 0.5) is 4.39 Å². The van der Waals surface area contributed by atoms with Crippen molar-refractivity contribution >= 4 is 25.6 Å². The average molecular weight is 334 g/mol. The Balaban J connectivity index is 2.40. The van der Waals surface area contributed by atoms with Crippen LogP contribution in [0, 0.1) is 5.82 Å². The average Bonchev–Trinajstić information content (AvgIpc) is 2.78. The van der Waals surface area contributed by atoms with E-state index < -0.39 is 19.8 Å². The van der Waals surface area contributed by atoms with Crippen LogP contribution < -0.4 is 0 Å². The van der Waals surface area contributed by atoms with Crippen LogP contribution >= 0.6 is 10.7 Å². The summed E-state index contributed by atoms with van der Waals surface area (Å²) in [6, 6.07) is 3.49. The maximum atomic E-state index is 13.5. The molecule has 0 N–H and O–H groups in total. The summed E-state index contributed by atoms with van der Waals surface area (Å²) in [6.07, 6.45) is 2.66. The van der Waals surface area contributed by atoms with Gasteiger partial charge in [0.15, 0.2) is 0 Å². The Labute approximate surface area is 128 Å². The molecule has 1 aliphatic rings. The summed E-state index contributed by atoms with van der Waals surface area (Å²) in [4.78, 5) is 13.7. The summed E-state index contributed by atoms with van der Waals surface area (Å²) < 4.78 is 36.2. The second-order valence-corrected chi connectivity index (χ2v) is 7.82. The number of nitrogens with zero attached hydrogens (tertiary/aromatic N) is 1. The van der Waals surface area contributed by atoms with Gasteiger partial charge in [-0.2, -0.15) is 0 Å². The Hall–Kier alpha value is -1.14. The Morgan fingerprint density at radius 1 is 1.43 bits per heavy atom. The number of hydrogen-bond donors (Lipinski definition) is 0. The van der Waals surface area contributed by atoms with Gasteiger partial charge in [0.05, 0.1) is 0 Å². The van der Waals surface area contributed by atoms with E-state index in [0.29, 0.717) is 0 Å². The Kier molecular flexibility index (Phi) is 4.58. The molecule has 0 saturated carbocycles. The highest BCUT2D eigenvalue weighted by atomic mass is 35.7. The van der Waals surface area contributed by atoms with Crippen LogP contribution in [0.1, 0.15) is 43.5 Å². The highest BCUT2D eigenvalue weighted by molar-refractivity contribution is 8.13. The van der Waals surface area contributed by atoms with Gasteiger partial charge in [0, 0.05) is 28.3 Å². The van der Waals surface area contributed by atoms with Crippen LogP contribution in [0.2, 0.25) is 0 Å². The summed E-state index contributed by atoms with van der Waals surface area (Å²) in [6.45, 7) is 3.96. The molecule has 116 valence electrons. The smallest absolute Gasteiger partial charge is 0.264 e. The zero-order valence-electron chi connectivity index (χ0n) is 11.8. The first-order chi connectivity index (χ1) is 9.75. The first-order valence-electron chi connectivity index (χ1n) is 6.82. The normalized spacial score (nSPS) is 22.6. The number of likely N-dealkylation sites (tertiary alicyclic amines) is 1. The number of rotatable bonds is 3. The zero-order valence-corrected chi connectivity index (χ0v) is 13.4. The number of carbonyl (C=O) groups excluding carboxylic acids is 1. The van der Waals surface area contributed by atoms with E-state index in [4.69, 9.17) is 10.7 Å². The SMILES string of the molecule is CCC1CCC(C)N1C(=O)c1ccc(F)c(S(=O)(=O)Cl)c1. The minimum Gasteiger partial charge on any atom is -0.333 e. The van der Waals surface area contributed by atoms with Gasteiger partial charge in [0.2, 0.25) is 0 Å². The van der Waals surface area contributed by atoms with E-state index in [9.17, 15) is 17.6 Å². The van der Waals surface area contributed by atoms with Crippen molar-refractivity contribution < 1.29 is 17.6 Å². The minimum absolute atomic E-state index is 0.0866. The maximum Gasteiger partial charge on any atom is 0.264 e. The lowest BCUT2D eigenvalue weighted by Gasteiger charge is -2.28. The standard InChI is InChI=1S/C14H17ClFNO3S/c1-3-11-6-4-9(2)17(11)14(18)10-5-7-12(16)13(8-10)21(15,19)20/h5,7-9,11H,3-4,6H2,1-2H3. The van der Waals surface area contributed by atoms with Gasteiger partial charge < -0.3 is 4.90 Å². The molecule has 0 aromatic heterocycles. The fourth-order valence-electron chi connectivity index (χ4n) is 2.81. The van der Waals surface area contributed by atoms with E-state index in [1.807, 2.05) is 13.8 Å². The van der Waals surface area contributed by atoms with E-state index in [2.05, 4.69) is 0 Å². The van der Waals surface area contributed by atoms with E-state index >= 15 is 0 Å². The molecule has 2 unspecified atom stereocenters. The molecular weight excluding hydrogens is 317 g/mol. The molecule has 1 saturated heterocycles. The largest absolute Gasteiger partial charge is 0.333 e. The predicted octanol–water partition coefficient (Wildman–Crippen LogP) is 3.16. The molecule has 0 spiro atoms. The monoisotopic (exact) mass is 333 g/mol. The van der Waals surface area contributed by atoms with Gasteiger partial charge >= 0.3 is 0 Å². The molecule has 2 rings (SSSR count). The highest BCUT2D eigenvalue weighted by Crippen LogP contribution is 2.29. The van der Waals surface area contributed by atoms with Gasteiger partial charge in [-0.1, -0.05) is 6.92 Å². The molecule has 0 bridgehead atoms. The van der Waals surface area contributed by atoms with Crippen LogP contribution in [0.15, 0.2) is 23.1 Å². The molecular formula is C14H17ClFNO3S. The minimum atomic E-state index is -4.22. The molecule has 4 nitrogen and oxygen atoms in total. The molecule has 1 amide bonds. The lowest BCUT2D eigenvalue weighted by molar-refractivity contribution is 0.0676. The molecule has 21 heavy (non-hydrogen) atoms. The lowest BCUT2D eigenvalue weighted by Crippen LogP contribution is -2.39. The van der Waals surface area contributed by atoms with Crippen molar-refractivity contribution in [2.24, 2.45) is 0 Å². The summed E-state index contributed by atoms with van der Waals surface area (Å²) in [7, 11) is 0.973. The number of hydrogen-bond acceptors (Lipinski definition) is 3. The summed E-state index contributed by atoms with van der Waals surface area (Å²) >= 11 is 0. The Bertz CT molecular complexity index is 662. The van der Waals surface area contributed by atoms with Gasteiger partial charge in [0.1, 0.15) is 10.7 Å². The van der Waals surface area contributed by atoms with E-state index in [-0.39, 0.29) is 23.6 Å². The van der Waals surface area contributed by atoms with Gasteiger partial charge in [-0.3, -0.25) is 4.79 Å². The van der Waals surface area contributed by atoms with E-state index in [1.54, 1.807) is 4.90 Å². The van der Waals surface area contributed by atoms with Crippen molar-refractivity contribution in [3.8, 4) is 0 Å². The number of benzene rings is 1. The zero-order chi connectivity index (χ0) is 15.8. The molecule has 2 atom stereocenters. The van der Waals surface area contributed by atoms with Crippen molar-refractivity contribution in [1.29, 1.82) is 0 Å². The number of halogens is 2. The first kappa shape index (κ1) is 16.2. The molecule has 1 fully saturated rings. The van der Waals surface area contributed by atoms with Crippen molar-refractivity contribution in [2.45, 2.75) is 50.1 Å². The van der Waals surface area contributed by atoms with Crippen LogP contribution in [0.5, 0.6) is 0 Å². The fraction of sp³-hybridized carbons (Fsp3) is 0.500. The Morgan fingerprint density at radius 3 is 2.67 bits per heavy atom. The topological polar surface area (TPSA) is 54.5 Å². The maximum absolute atomic E-state index is 13.5. The second kappa shape index (κ2) is 5.93. The third kappa shape index (κ3) is 3.21. The molecule has 1 heterocycles. The number of amides is 1. The molecule has 0 aliphatic carbocycles. The van der Waals surface area contributed by atoms with Crippen LogP contribution in [0.25, 0.3) is 0 Å². The van der Waals surface area contributed by atoms with Gasteiger partial charge in [-0.05, 0) is 44.4 Å². The molecule has 1 aromatic rings. The van der Waals surface area contributed by atoms with Crippen molar-refractivity contribution in [3.05, 3.63) is 29.6 Å². The fourth-order valence-corrected chi connectivity index (χ4v) is 3.73. The quantitative estimate of drug-likeness (QED) is 0.798. The lowest BCUT2D eigenvalue weighted by atomic mass is 10.1. The van der Waals surface area contributed by atoms with Gasteiger partial charge in [-0.15, -0.1) is 0 Å². The third-order valence-corrected chi connectivity index (χ3v) is 5.27. The van der Waals surface area contributed by atoms with Crippen molar-refractivity contribution in [1.82, 2.24) is 4.90 Å². The number of carbonyl (C=O) groups is 1. The highest BCUT2D eigenvalue weighted by Gasteiger charge is 2.34. The van der Waals surface area contributed by atoms with Crippen LogP contribution in [0.3, 0.4) is 0 Å². The van der Waals surface area contributed by atoms with E-state index in [1.165, 1.54) is 6.07 Å². The summed E-state index contributed by atoms with van der Waals surface area (Å²) in [5.74, 6) is -1.24. The third-order valence-electron chi connectivity index (χ3n) is 3.93. The first-order valence-corrected chi connectivity index (χ1v) is 9.13. The van der Waals surface area contributed by atoms with E-state index in [0.717, 1.165) is 31.4 Å². The Morgan fingerprint density at radius 2 is 2.10 bits per heavy atom. The molecule has 0 radical (unpaired) electrons. The summed E-state index contributed by atoms with van der Waals surface area (Å²) in [5.41, 5.74) is 0.142.